The van der Waals surface area contributed by atoms with E-state index in [-0.39, 0.29) is 0 Å². The maximum absolute atomic E-state index is 5.55. The van der Waals surface area contributed by atoms with Crippen molar-refractivity contribution >= 4 is 22.4 Å². The fourth-order valence-corrected chi connectivity index (χ4v) is 2.18. The van der Waals surface area contributed by atoms with Crippen LogP contribution in [0.15, 0.2) is 6.07 Å². The van der Waals surface area contributed by atoms with Crippen molar-refractivity contribution in [2.24, 2.45) is 0 Å². The molecule has 1 aromatic rings. The van der Waals surface area contributed by atoms with Crippen LogP contribution >= 0.6 is 11.5 Å². The highest BCUT2D eigenvalue weighted by Gasteiger charge is 2.28. The highest BCUT2D eigenvalue weighted by atomic mass is 32.1. The van der Waals surface area contributed by atoms with Gasteiger partial charge in [-0.2, -0.15) is 4.37 Å². The summed E-state index contributed by atoms with van der Waals surface area (Å²) in [6, 6.07) is 3.25. The van der Waals surface area contributed by atoms with Gasteiger partial charge in [0.2, 0.25) is 0 Å². The Bertz CT molecular complexity index is 321. The second-order valence-corrected chi connectivity index (χ2v) is 5.05. The third kappa shape index (κ3) is 2.82. The molecule has 1 aliphatic carbocycles. The lowest BCUT2D eigenvalue weighted by molar-refractivity contribution is 0.257. The first-order valence-electron chi connectivity index (χ1n) is 5.35. The van der Waals surface area contributed by atoms with Gasteiger partial charge in [-0.05, 0) is 38.3 Å². The van der Waals surface area contributed by atoms with Crippen molar-refractivity contribution < 1.29 is 0 Å². The van der Waals surface area contributed by atoms with Gasteiger partial charge in [0.25, 0.3) is 0 Å². The first-order chi connectivity index (χ1) is 7.16. The SMILES string of the molecule is CC(CNc1cc(N)ns1)N(C)C1CC1. The zero-order valence-corrected chi connectivity index (χ0v) is 10.0. The Morgan fingerprint density at radius 3 is 3.00 bits per heavy atom. The number of aromatic nitrogens is 1. The highest BCUT2D eigenvalue weighted by Crippen LogP contribution is 2.27. The highest BCUT2D eigenvalue weighted by molar-refractivity contribution is 7.10. The Kier molecular flexibility index (Phi) is 3.11. The molecule has 4 nitrogen and oxygen atoms in total. The Morgan fingerprint density at radius 2 is 2.47 bits per heavy atom. The first kappa shape index (κ1) is 10.7. The smallest absolute Gasteiger partial charge is 0.139 e. The van der Waals surface area contributed by atoms with E-state index in [2.05, 4.69) is 28.6 Å². The Labute approximate surface area is 94.6 Å². The lowest BCUT2D eigenvalue weighted by Crippen LogP contribution is -2.36. The van der Waals surface area contributed by atoms with Crippen LogP contribution in [0.2, 0.25) is 0 Å². The molecule has 1 fully saturated rings. The second kappa shape index (κ2) is 4.37. The molecule has 15 heavy (non-hydrogen) atoms. The molecule has 5 heteroatoms. The summed E-state index contributed by atoms with van der Waals surface area (Å²) in [5, 5.41) is 4.42. The van der Waals surface area contributed by atoms with Gasteiger partial charge >= 0.3 is 0 Å². The van der Waals surface area contributed by atoms with Crippen LogP contribution in [0.25, 0.3) is 0 Å². The van der Waals surface area contributed by atoms with Crippen molar-refractivity contribution in [3.63, 3.8) is 0 Å². The van der Waals surface area contributed by atoms with E-state index in [9.17, 15) is 0 Å². The van der Waals surface area contributed by atoms with Crippen LogP contribution in [0.1, 0.15) is 19.8 Å². The average Bonchev–Trinajstić information content (AvgIpc) is 2.98. The Hall–Kier alpha value is -0.810. The molecular formula is C10H18N4S. The molecule has 1 saturated carbocycles. The number of hydrogen-bond donors (Lipinski definition) is 2. The van der Waals surface area contributed by atoms with E-state index in [4.69, 9.17) is 5.73 Å². The van der Waals surface area contributed by atoms with Gasteiger partial charge in [0.05, 0.1) is 0 Å². The van der Waals surface area contributed by atoms with Crippen LogP contribution in [0.4, 0.5) is 10.8 Å². The van der Waals surface area contributed by atoms with Gasteiger partial charge in [0, 0.05) is 24.7 Å². The molecule has 0 aliphatic heterocycles. The number of likely N-dealkylation sites (N-methyl/N-ethyl adjacent to an activating group) is 1. The number of hydrogen-bond acceptors (Lipinski definition) is 5. The molecular weight excluding hydrogens is 208 g/mol. The minimum absolute atomic E-state index is 0.556. The van der Waals surface area contributed by atoms with Crippen LogP contribution < -0.4 is 11.1 Å². The van der Waals surface area contributed by atoms with Gasteiger partial charge in [-0.25, -0.2) is 0 Å². The van der Waals surface area contributed by atoms with Crippen molar-refractivity contribution in [2.75, 3.05) is 24.6 Å². The van der Waals surface area contributed by atoms with Gasteiger partial charge in [-0.15, -0.1) is 0 Å². The minimum Gasteiger partial charge on any atom is -0.383 e. The van der Waals surface area contributed by atoms with Crippen molar-refractivity contribution in [2.45, 2.75) is 31.8 Å². The molecule has 3 N–H and O–H groups in total. The van der Waals surface area contributed by atoms with Gasteiger partial charge in [-0.3, -0.25) is 4.90 Å². The topological polar surface area (TPSA) is 54.2 Å². The summed E-state index contributed by atoms with van der Waals surface area (Å²) in [6.45, 7) is 3.20. The molecule has 0 aromatic carbocycles. The molecule has 0 amide bonds. The van der Waals surface area contributed by atoms with E-state index in [1.165, 1.54) is 24.4 Å². The number of nitrogens with zero attached hydrogens (tertiary/aromatic N) is 2. The summed E-state index contributed by atoms with van der Waals surface area (Å²) >= 11 is 1.42. The monoisotopic (exact) mass is 226 g/mol. The standard InChI is InChI=1S/C10H18N4S/c1-7(14(2)8-3-4-8)6-12-10-5-9(11)13-15-10/h5,7-8,12H,3-4,6H2,1-2H3,(H2,11,13). The van der Waals surface area contributed by atoms with E-state index in [0.29, 0.717) is 11.9 Å². The van der Waals surface area contributed by atoms with Crippen LogP contribution in [-0.2, 0) is 0 Å². The van der Waals surface area contributed by atoms with E-state index in [1.807, 2.05) is 6.07 Å². The summed E-state index contributed by atoms with van der Waals surface area (Å²) in [5.41, 5.74) is 5.55. The van der Waals surface area contributed by atoms with Crippen molar-refractivity contribution in [1.82, 2.24) is 9.27 Å². The molecule has 0 bridgehead atoms. The number of nitrogen functional groups attached to an aromatic ring is 1. The summed E-state index contributed by atoms with van der Waals surface area (Å²) in [6.07, 6.45) is 2.71. The molecule has 2 rings (SSSR count). The first-order valence-corrected chi connectivity index (χ1v) is 6.12. The third-order valence-corrected chi connectivity index (χ3v) is 3.68. The van der Waals surface area contributed by atoms with Gasteiger partial charge < -0.3 is 11.1 Å². The maximum atomic E-state index is 5.55. The molecule has 0 radical (unpaired) electrons. The van der Waals surface area contributed by atoms with Gasteiger partial charge in [-0.1, -0.05) is 0 Å². The molecule has 1 atom stereocenters. The van der Waals surface area contributed by atoms with Crippen LogP contribution in [0.5, 0.6) is 0 Å². The third-order valence-electron chi connectivity index (χ3n) is 2.92. The normalized spacial score (nSPS) is 18.1. The molecule has 1 unspecified atom stereocenters. The van der Waals surface area contributed by atoms with E-state index >= 15 is 0 Å². The fourth-order valence-electron chi connectivity index (χ4n) is 1.61. The summed E-state index contributed by atoms with van der Waals surface area (Å²) in [7, 11) is 2.20. The van der Waals surface area contributed by atoms with E-state index < -0.39 is 0 Å². The molecule has 0 saturated heterocycles. The number of nitrogens with one attached hydrogen (secondary N) is 1. The molecule has 1 aliphatic rings. The van der Waals surface area contributed by atoms with E-state index in [1.54, 1.807) is 0 Å². The number of anilines is 2. The fraction of sp³-hybridized carbons (Fsp3) is 0.700. The summed E-state index contributed by atoms with van der Waals surface area (Å²) in [5.74, 6) is 0.603. The molecule has 84 valence electrons. The zero-order valence-electron chi connectivity index (χ0n) is 9.23. The Morgan fingerprint density at radius 1 is 1.73 bits per heavy atom. The maximum Gasteiger partial charge on any atom is 0.139 e. The molecule has 1 aromatic heterocycles. The quantitative estimate of drug-likeness (QED) is 0.801. The summed E-state index contributed by atoms with van der Waals surface area (Å²) in [4.78, 5) is 2.44. The minimum atomic E-state index is 0.556. The van der Waals surface area contributed by atoms with Crippen molar-refractivity contribution in [3.05, 3.63) is 6.07 Å². The molecule has 0 spiro atoms. The predicted octanol–water partition coefficient (Wildman–Crippen LogP) is 1.62. The van der Waals surface area contributed by atoms with Gasteiger partial charge in [0.15, 0.2) is 0 Å². The predicted molar refractivity (Wildman–Crippen MR) is 65.3 cm³/mol. The van der Waals surface area contributed by atoms with Crippen molar-refractivity contribution in [3.8, 4) is 0 Å². The van der Waals surface area contributed by atoms with Crippen molar-refractivity contribution in [1.29, 1.82) is 0 Å². The average molecular weight is 226 g/mol. The van der Waals surface area contributed by atoms with E-state index in [0.717, 1.165) is 17.6 Å². The van der Waals surface area contributed by atoms with Gasteiger partial charge in [0.1, 0.15) is 10.8 Å². The largest absolute Gasteiger partial charge is 0.383 e. The van der Waals surface area contributed by atoms with Crippen LogP contribution in [0.3, 0.4) is 0 Å². The van der Waals surface area contributed by atoms with Crippen LogP contribution in [0, 0.1) is 0 Å². The lowest BCUT2D eigenvalue weighted by Gasteiger charge is -2.24. The number of nitrogens with two attached hydrogens (primary N) is 1. The summed E-state index contributed by atoms with van der Waals surface area (Å²) < 4.78 is 4.03. The number of rotatable bonds is 5. The lowest BCUT2D eigenvalue weighted by atomic mass is 10.3. The van der Waals surface area contributed by atoms with Crippen LogP contribution in [-0.4, -0.2) is 34.9 Å². The second-order valence-electron chi connectivity index (χ2n) is 4.24. The molecule has 1 heterocycles. The Balaban J connectivity index is 1.77. The zero-order chi connectivity index (χ0) is 10.8.